The van der Waals surface area contributed by atoms with Gasteiger partial charge in [0.2, 0.25) is 0 Å². The smallest absolute Gasteiger partial charge is 0.340 e. The molecule has 0 aliphatic rings. The molecule has 38 heavy (non-hydrogen) atoms. The molecule has 0 bridgehead atoms. The Morgan fingerprint density at radius 3 is 2.37 bits per heavy atom. The fourth-order valence-corrected chi connectivity index (χ4v) is 3.78. The van der Waals surface area contributed by atoms with Crippen LogP contribution < -0.4 is 4.74 Å². The predicted molar refractivity (Wildman–Crippen MR) is 126 cm³/mol. The minimum atomic E-state index is -4.24. The third-order valence-electron chi connectivity index (χ3n) is 5.68. The average Bonchev–Trinajstić information content (AvgIpc) is 3.53. The number of nitrogens with zero attached hydrogens (tertiary/aromatic N) is 6. The Morgan fingerprint density at radius 2 is 1.71 bits per heavy atom. The Morgan fingerprint density at radius 1 is 0.974 bits per heavy atom. The van der Waals surface area contributed by atoms with E-state index in [1.54, 1.807) is 35.9 Å². The van der Waals surface area contributed by atoms with Gasteiger partial charge < -0.3 is 4.74 Å². The first-order valence-corrected chi connectivity index (χ1v) is 11.3. The molecule has 0 saturated carbocycles. The molecule has 4 aromatic rings. The van der Waals surface area contributed by atoms with Crippen LogP contribution in [0.4, 0.5) is 26.3 Å². The molecule has 0 fully saturated rings. The highest BCUT2D eigenvalue weighted by Gasteiger charge is 2.41. The summed E-state index contributed by atoms with van der Waals surface area (Å²) in [6.07, 6.45) is 3.77. The third-order valence-corrected chi connectivity index (χ3v) is 5.68. The number of aromatic nitrogens is 6. The molecule has 2 aromatic heterocycles. The largest absolute Gasteiger partial charge is 0.487 e. The number of hydrogen-bond acceptors (Lipinski definition) is 5. The summed E-state index contributed by atoms with van der Waals surface area (Å²) in [6.45, 7) is 0.783. The van der Waals surface area contributed by atoms with E-state index in [2.05, 4.69) is 20.2 Å². The van der Waals surface area contributed by atoms with E-state index in [0.717, 1.165) is 6.07 Å². The van der Waals surface area contributed by atoms with Gasteiger partial charge in [-0.1, -0.05) is 31.2 Å². The zero-order chi connectivity index (χ0) is 27.3. The SMILES string of the molecule is C[C@](Cn1cncn1)(Cn1cnc(/C=C/c2ccc(OCC(F)(F)C(F)F)cc2)n1)c1ccc(F)cc1F. The zero-order valence-electron chi connectivity index (χ0n) is 20.0. The summed E-state index contributed by atoms with van der Waals surface area (Å²) in [5.41, 5.74) is 0.0336. The molecule has 0 spiro atoms. The predicted octanol–water partition coefficient (Wildman–Crippen LogP) is 5.26. The van der Waals surface area contributed by atoms with Gasteiger partial charge in [-0.15, -0.1) is 0 Å². The Labute approximate surface area is 213 Å². The van der Waals surface area contributed by atoms with Gasteiger partial charge in [0.25, 0.3) is 0 Å². The lowest BCUT2D eigenvalue weighted by molar-refractivity contribution is -0.148. The van der Waals surface area contributed by atoms with E-state index in [4.69, 9.17) is 4.74 Å². The molecule has 2 heterocycles. The van der Waals surface area contributed by atoms with Crippen molar-refractivity contribution < 1.29 is 31.1 Å². The maximum absolute atomic E-state index is 14.7. The lowest BCUT2D eigenvalue weighted by Crippen LogP contribution is -2.35. The summed E-state index contributed by atoms with van der Waals surface area (Å²) in [4.78, 5) is 8.15. The number of halogens is 6. The minimum Gasteiger partial charge on any atom is -0.487 e. The van der Waals surface area contributed by atoms with Gasteiger partial charge in [-0.2, -0.15) is 19.0 Å². The quantitative estimate of drug-likeness (QED) is 0.245. The zero-order valence-corrected chi connectivity index (χ0v) is 20.0. The van der Waals surface area contributed by atoms with Crippen LogP contribution in [0.5, 0.6) is 5.75 Å². The summed E-state index contributed by atoms with van der Waals surface area (Å²) in [5, 5.41) is 8.50. The molecule has 0 radical (unpaired) electrons. The summed E-state index contributed by atoms with van der Waals surface area (Å²) >= 11 is 0. The molecule has 200 valence electrons. The van der Waals surface area contributed by atoms with Gasteiger partial charge in [0.05, 0.1) is 13.1 Å². The summed E-state index contributed by atoms with van der Waals surface area (Å²) in [6, 6.07) is 9.26. The Hall–Kier alpha value is -4.16. The summed E-state index contributed by atoms with van der Waals surface area (Å²) in [7, 11) is 0. The van der Waals surface area contributed by atoms with Crippen LogP contribution in [0.15, 0.2) is 61.4 Å². The van der Waals surface area contributed by atoms with Crippen molar-refractivity contribution in [2.75, 3.05) is 6.61 Å². The van der Waals surface area contributed by atoms with Crippen LogP contribution in [-0.2, 0) is 18.5 Å². The van der Waals surface area contributed by atoms with Crippen molar-refractivity contribution in [1.82, 2.24) is 29.5 Å². The molecule has 1 atom stereocenters. The molecule has 0 aliphatic heterocycles. The highest BCUT2D eigenvalue weighted by atomic mass is 19.3. The lowest BCUT2D eigenvalue weighted by Gasteiger charge is -2.30. The van der Waals surface area contributed by atoms with E-state index in [9.17, 15) is 26.3 Å². The third kappa shape index (κ3) is 6.58. The van der Waals surface area contributed by atoms with Gasteiger partial charge in [0.15, 0.2) is 12.4 Å². The molecular formula is C25H22F6N6O. The highest BCUT2D eigenvalue weighted by Crippen LogP contribution is 2.30. The molecule has 0 saturated heterocycles. The number of benzene rings is 2. The number of alkyl halides is 4. The summed E-state index contributed by atoms with van der Waals surface area (Å²) < 4.78 is 86.6. The number of rotatable bonds is 11. The Kier molecular flexibility index (Phi) is 7.83. The summed E-state index contributed by atoms with van der Waals surface area (Å²) in [5.74, 6) is -5.27. The van der Waals surface area contributed by atoms with Crippen LogP contribution in [0.25, 0.3) is 12.2 Å². The van der Waals surface area contributed by atoms with E-state index in [1.165, 1.54) is 47.9 Å². The van der Waals surface area contributed by atoms with Crippen molar-refractivity contribution in [2.24, 2.45) is 0 Å². The number of ether oxygens (including phenoxy) is 1. The molecule has 7 nitrogen and oxygen atoms in total. The van der Waals surface area contributed by atoms with Crippen LogP contribution in [0.1, 0.15) is 23.9 Å². The molecule has 4 rings (SSSR count). The first kappa shape index (κ1) is 26.9. The number of hydrogen-bond donors (Lipinski definition) is 0. The average molecular weight is 536 g/mol. The Bertz CT molecular complexity index is 1370. The second kappa shape index (κ2) is 11.1. The van der Waals surface area contributed by atoms with E-state index in [-0.39, 0.29) is 24.4 Å². The first-order valence-electron chi connectivity index (χ1n) is 11.3. The maximum atomic E-state index is 14.7. The van der Waals surface area contributed by atoms with Gasteiger partial charge >= 0.3 is 12.3 Å². The Balaban J connectivity index is 1.45. The van der Waals surface area contributed by atoms with Crippen molar-refractivity contribution in [1.29, 1.82) is 0 Å². The highest BCUT2D eigenvalue weighted by molar-refractivity contribution is 5.66. The van der Waals surface area contributed by atoms with Crippen molar-refractivity contribution >= 4 is 12.2 Å². The van der Waals surface area contributed by atoms with Crippen molar-refractivity contribution in [3.63, 3.8) is 0 Å². The molecule has 0 aliphatic carbocycles. The molecule has 2 aromatic carbocycles. The van der Waals surface area contributed by atoms with Crippen molar-refractivity contribution in [3.8, 4) is 5.75 Å². The van der Waals surface area contributed by atoms with E-state index < -0.39 is 36.0 Å². The van der Waals surface area contributed by atoms with Crippen molar-refractivity contribution in [3.05, 3.63) is 90.0 Å². The van der Waals surface area contributed by atoms with Gasteiger partial charge in [-0.3, -0.25) is 9.36 Å². The fraction of sp³-hybridized carbons (Fsp3) is 0.280. The monoisotopic (exact) mass is 536 g/mol. The second-order valence-corrected chi connectivity index (χ2v) is 8.83. The van der Waals surface area contributed by atoms with Gasteiger partial charge in [-0.05, 0) is 35.4 Å². The topological polar surface area (TPSA) is 70.7 Å². The van der Waals surface area contributed by atoms with Gasteiger partial charge in [0.1, 0.15) is 36.4 Å². The molecule has 0 amide bonds. The van der Waals surface area contributed by atoms with Crippen LogP contribution in [0, 0.1) is 11.6 Å². The molecule has 13 heteroatoms. The van der Waals surface area contributed by atoms with E-state index in [1.807, 2.05) is 0 Å². The van der Waals surface area contributed by atoms with E-state index in [0.29, 0.717) is 11.4 Å². The van der Waals surface area contributed by atoms with Crippen LogP contribution in [0.2, 0.25) is 0 Å². The van der Waals surface area contributed by atoms with Crippen LogP contribution in [0.3, 0.4) is 0 Å². The first-order chi connectivity index (χ1) is 18.0. The van der Waals surface area contributed by atoms with Gasteiger partial charge in [-0.25, -0.2) is 27.5 Å². The standard InChI is InChI=1S/C25H22F6N6O/c1-24(11-36-15-32-14-34-36,20-8-5-18(26)10-21(20)27)12-37-16-33-22(35-37)9-4-17-2-6-19(7-3-17)38-13-25(30,31)23(28)29/h2-10,14-16,23H,11-13H2,1H3/b9-4+/t24-/m0/s1. The van der Waals surface area contributed by atoms with Crippen LogP contribution in [-0.4, -0.2) is 48.5 Å². The fourth-order valence-electron chi connectivity index (χ4n) is 3.78. The van der Waals surface area contributed by atoms with E-state index >= 15 is 0 Å². The second-order valence-electron chi connectivity index (χ2n) is 8.83. The van der Waals surface area contributed by atoms with Crippen LogP contribution >= 0.6 is 0 Å². The lowest BCUT2D eigenvalue weighted by atomic mass is 9.82. The maximum Gasteiger partial charge on any atom is 0.340 e. The minimum absolute atomic E-state index is 0.0181. The normalized spacial score (nSPS) is 13.8. The van der Waals surface area contributed by atoms with Crippen molar-refractivity contribution in [2.45, 2.75) is 37.8 Å². The van der Waals surface area contributed by atoms with Gasteiger partial charge in [0, 0.05) is 11.5 Å². The molecule has 0 unspecified atom stereocenters. The molecular weight excluding hydrogens is 514 g/mol. The molecule has 0 N–H and O–H groups in total.